The number of aromatic nitrogens is 3. The van der Waals surface area contributed by atoms with Gasteiger partial charge in [-0.3, -0.25) is 4.79 Å². The van der Waals surface area contributed by atoms with Crippen LogP contribution in [0.1, 0.15) is 30.0 Å². The van der Waals surface area contributed by atoms with Crippen LogP contribution in [0.2, 0.25) is 5.15 Å². The van der Waals surface area contributed by atoms with E-state index in [1.807, 2.05) is 0 Å². The standard InChI is InChI=1S/C13H14ClN5O2/c1-13(2,21)8-4-3-5-10(17-8)16-7-6-9(14)18-19-11(7)12(15)20/h3-6,21H,1-2H3,(H2,15,20)(H,16,17,18). The summed E-state index contributed by atoms with van der Waals surface area (Å²) in [6.45, 7) is 3.25. The number of halogens is 1. The lowest BCUT2D eigenvalue weighted by Crippen LogP contribution is -2.19. The predicted molar refractivity (Wildman–Crippen MR) is 78.3 cm³/mol. The Morgan fingerprint density at radius 1 is 1.38 bits per heavy atom. The number of aliphatic hydroxyl groups is 1. The SMILES string of the molecule is CC(C)(O)c1cccc(Nc2cc(Cl)nnc2C(N)=O)n1. The second-order valence-corrected chi connectivity index (χ2v) is 5.27. The Labute approximate surface area is 126 Å². The van der Waals surface area contributed by atoms with Crippen molar-refractivity contribution >= 4 is 29.0 Å². The quantitative estimate of drug-likeness (QED) is 0.790. The van der Waals surface area contributed by atoms with Gasteiger partial charge in [-0.15, -0.1) is 10.2 Å². The summed E-state index contributed by atoms with van der Waals surface area (Å²) in [5.41, 5.74) is 4.87. The molecule has 4 N–H and O–H groups in total. The molecular formula is C13H14ClN5O2. The van der Waals surface area contributed by atoms with Gasteiger partial charge in [0.1, 0.15) is 11.4 Å². The van der Waals surface area contributed by atoms with E-state index >= 15 is 0 Å². The van der Waals surface area contributed by atoms with E-state index in [2.05, 4.69) is 20.5 Å². The average Bonchev–Trinajstić information content (AvgIpc) is 2.37. The van der Waals surface area contributed by atoms with Gasteiger partial charge in [0.15, 0.2) is 10.8 Å². The molecule has 21 heavy (non-hydrogen) atoms. The normalized spacial score (nSPS) is 11.2. The summed E-state index contributed by atoms with van der Waals surface area (Å²) < 4.78 is 0. The van der Waals surface area contributed by atoms with Crippen LogP contribution in [0, 0.1) is 0 Å². The highest BCUT2D eigenvalue weighted by Gasteiger charge is 2.18. The van der Waals surface area contributed by atoms with E-state index in [0.717, 1.165) is 0 Å². The smallest absolute Gasteiger partial charge is 0.271 e. The molecule has 0 aliphatic heterocycles. The van der Waals surface area contributed by atoms with Gasteiger partial charge >= 0.3 is 0 Å². The van der Waals surface area contributed by atoms with Gasteiger partial charge < -0.3 is 16.2 Å². The van der Waals surface area contributed by atoms with E-state index < -0.39 is 11.5 Å². The summed E-state index contributed by atoms with van der Waals surface area (Å²) in [4.78, 5) is 15.6. The van der Waals surface area contributed by atoms with Crippen LogP contribution in [0.3, 0.4) is 0 Å². The highest BCUT2D eigenvalue weighted by atomic mass is 35.5. The summed E-state index contributed by atoms with van der Waals surface area (Å²) in [6.07, 6.45) is 0. The number of pyridine rings is 1. The van der Waals surface area contributed by atoms with Crippen molar-refractivity contribution in [2.24, 2.45) is 5.73 Å². The van der Waals surface area contributed by atoms with Gasteiger partial charge in [0, 0.05) is 6.07 Å². The molecule has 0 fully saturated rings. The van der Waals surface area contributed by atoms with Gasteiger partial charge in [-0.2, -0.15) is 0 Å². The monoisotopic (exact) mass is 307 g/mol. The summed E-state index contributed by atoms with van der Waals surface area (Å²) in [6, 6.07) is 6.52. The molecular weight excluding hydrogens is 294 g/mol. The Morgan fingerprint density at radius 3 is 2.71 bits per heavy atom. The number of carbonyl (C=O) groups is 1. The number of hydrogen-bond donors (Lipinski definition) is 3. The molecule has 0 saturated heterocycles. The van der Waals surface area contributed by atoms with E-state index in [1.165, 1.54) is 6.07 Å². The minimum Gasteiger partial charge on any atom is -0.384 e. The molecule has 2 rings (SSSR count). The van der Waals surface area contributed by atoms with Crippen LogP contribution in [-0.2, 0) is 5.60 Å². The van der Waals surface area contributed by atoms with Crippen molar-refractivity contribution in [1.29, 1.82) is 0 Å². The average molecular weight is 308 g/mol. The second-order valence-electron chi connectivity index (χ2n) is 4.89. The molecule has 2 aromatic heterocycles. The summed E-state index contributed by atoms with van der Waals surface area (Å²) in [5, 5.41) is 20.2. The van der Waals surface area contributed by atoms with E-state index in [0.29, 0.717) is 17.2 Å². The Hall–Kier alpha value is -2.25. The van der Waals surface area contributed by atoms with E-state index in [4.69, 9.17) is 17.3 Å². The van der Waals surface area contributed by atoms with Crippen molar-refractivity contribution in [2.45, 2.75) is 19.4 Å². The molecule has 0 radical (unpaired) electrons. The van der Waals surface area contributed by atoms with Crippen molar-refractivity contribution in [3.05, 3.63) is 40.8 Å². The van der Waals surface area contributed by atoms with Crippen LogP contribution >= 0.6 is 11.6 Å². The predicted octanol–water partition coefficient (Wildman–Crippen LogP) is 1.59. The van der Waals surface area contributed by atoms with Crippen LogP contribution in [0.15, 0.2) is 24.3 Å². The maximum Gasteiger partial charge on any atom is 0.271 e. The van der Waals surface area contributed by atoms with Crippen LogP contribution in [0.5, 0.6) is 0 Å². The van der Waals surface area contributed by atoms with E-state index in [-0.39, 0.29) is 10.8 Å². The Bertz CT molecular complexity index is 685. The van der Waals surface area contributed by atoms with Crippen LogP contribution in [-0.4, -0.2) is 26.2 Å². The number of carbonyl (C=O) groups excluding carboxylic acids is 1. The van der Waals surface area contributed by atoms with E-state index in [1.54, 1.807) is 32.0 Å². The molecule has 0 aromatic carbocycles. The minimum absolute atomic E-state index is 0.0464. The molecule has 0 unspecified atom stereocenters. The van der Waals surface area contributed by atoms with Gasteiger partial charge in [0.25, 0.3) is 5.91 Å². The van der Waals surface area contributed by atoms with Crippen LogP contribution < -0.4 is 11.1 Å². The van der Waals surface area contributed by atoms with Gasteiger partial charge in [0.05, 0.1) is 11.4 Å². The fraction of sp³-hybridized carbons (Fsp3) is 0.231. The first-order valence-corrected chi connectivity index (χ1v) is 6.45. The van der Waals surface area contributed by atoms with Crippen molar-refractivity contribution in [3.63, 3.8) is 0 Å². The lowest BCUT2D eigenvalue weighted by atomic mass is 10.1. The number of nitrogens with two attached hydrogens (primary N) is 1. The summed E-state index contributed by atoms with van der Waals surface area (Å²) in [7, 11) is 0. The Balaban J connectivity index is 2.39. The second kappa shape index (κ2) is 5.63. The van der Waals surface area contributed by atoms with Gasteiger partial charge in [-0.25, -0.2) is 4.98 Å². The van der Waals surface area contributed by atoms with Crippen molar-refractivity contribution in [3.8, 4) is 0 Å². The maximum absolute atomic E-state index is 11.3. The molecule has 0 spiro atoms. The maximum atomic E-state index is 11.3. The fourth-order valence-corrected chi connectivity index (χ4v) is 1.78. The van der Waals surface area contributed by atoms with E-state index in [9.17, 15) is 9.90 Å². The number of anilines is 2. The number of amides is 1. The molecule has 110 valence electrons. The van der Waals surface area contributed by atoms with Crippen molar-refractivity contribution in [1.82, 2.24) is 15.2 Å². The van der Waals surface area contributed by atoms with Crippen molar-refractivity contribution < 1.29 is 9.90 Å². The van der Waals surface area contributed by atoms with Gasteiger partial charge in [-0.05, 0) is 26.0 Å². The largest absolute Gasteiger partial charge is 0.384 e. The van der Waals surface area contributed by atoms with Crippen LogP contribution in [0.25, 0.3) is 0 Å². The first-order chi connectivity index (χ1) is 9.77. The topological polar surface area (TPSA) is 114 Å². The molecule has 0 saturated carbocycles. The minimum atomic E-state index is -1.08. The highest BCUT2D eigenvalue weighted by molar-refractivity contribution is 6.29. The zero-order valence-electron chi connectivity index (χ0n) is 11.5. The summed E-state index contributed by atoms with van der Waals surface area (Å²) >= 11 is 5.77. The Morgan fingerprint density at radius 2 is 2.10 bits per heavy atom. The number of rotatable bonds is 4. The molecule has 0 bridgehead atoms. The lowest BCUT2D eigenvalue weighted by molar-refractivity contribution is 0.0740. The molecule has 8 heteroatoms. The number of nitrogens with zero attached hydrogens (tertiary/aromatic N) is 3. The third-order valence-electron chi connectivity index (χ3n) is 2.64. The third-order valence-corrected chi connectivity index (χ3v) is 2.82. The zero-order valence-corrected chi connectivity index (χ0v) is 12.2. The first-order valence-electron chi connectivity index (χ1n) is 6.07. The van der Waals surface area contributed by atoms with Crippen LogP contribution in [0.4, 0.5) is 11.5 Å². The molecule has 1 amide bonds. The number of primary amides is 1. The van der Waals surface area contributed by atoms with Crippen molar-refractivity contribution in [2.75, 3.05) is 5.32 Å². The molecule has 7 nitrogen and oxygen atoms in total. The Kier molecular flexibility index (Phi) is 4.06. The fourth-order valence-electron chi connectivity index (χ4n) is 1.63. The zero-order chi connectivity index (χ0) is 15.6. The molecule has 0 aliphatic carbocycles. The van der Waals surface area contributed by atoms with Gasteiger partial charge in [-0.1, -0.05) is 17.7 Å². The first kappa shape index (κ1) is 15.1. The molecule has 2 heterocycles. The number of nitrogens with one attached hydrogen (secondary N) is 1. The number of hydrogen-bond acceptors (Lipinski definition) is 6. The molecule has 2 aromatic rings. The lowest BCUT2D eigenvalue weighted by Gasteiger charge is -2.17. The summed E-state index contributed by atoms with van der Waals surface area (Å²) in [5.74, 6) is -0.318. The molecule has 0 atom stereocenters. The molecule has 0 aliphatic rings. The van der Waals surface area contributed by atoms with Gasteiger partial charge in [0.2, 0.25) is 0 Å². The highest BCUT2D eigenvalue weighted by Crippen LogP contribution is 2.23. The third kappa shape index (κ3) is 3.65.